The standard InChI is InChI=1S/C16H24N2O2/c1-12(2)13-5-7-14(8-6-13)17-16(20)10-18-9-3-4-15(18)11-19/h5-8,12,15,19H,3-4,9-11H2,1-2H3,(H,17,20)/t15-/m0/s1. The summed E-state index contributed by atoms with van der Waals surface area (Å²) in [6.07, 6.45) is 2.04. The molecule has 2 rings (SSSR count). The third-order valence-corrected chi connectivity index (χ3v) is 3.92. The molecule has 0 aromatic heterocycles. The summed E-state index contributed by atoms with van der Waals surface area (Å²) in [5, 5.41) is 12.2. The average Bonchev–Trinajstić information content (AvgIpc) is 2.86. The van der Waals surface area contributed by atoms with E-state index in [2.05, 4.69) is 24.1 Å². The predicted molar refractivity (Wildman–Crippen MR) is 80.8 cm³/mol. The molecule has 0 unspecified atom stereocenters. The van der Waals surface area contributed by atoms with E-state index in [0.29, 0.717) is 12.5 Å². The van der Waals surface area contributed by atoms with Gasteiger partial charge in [0.2, 0.25) is 5.91 Å². The molecule has 1 saturated heterocycles. The van der Waals surface area contributed by atoms with E-state index >= 15 is 0 Å². The summed E-state index contributed by atoms with van der Waals surface area (Å²) in [4.78, 5) is 14.1. The Morgan fingerprint density at radius 2 is 2.10 bits per heavy atom. The quantitative estimate of drug-likeness (QED) is 0.867. The Morgan fingerprint density at radius 1 is 1.40 bits per heavy atom. The molecule has 1 amide bonds. The normalized spacial score (nSPS) is 19.5. The molecule has 0 saturated carbocycles. The van der Waals surface area contributed by atoms with Crippen LogP contribution in [0.3, 0.4) is 0 Å². The van der Waals surface area contributed by atoms with Crippen molar-refractivity contribution in [2.75, 3.05) is 25.0 Å². The van der Waals surface area contributed by atoms with E-state index < -0.39 is 0 Å². The molecule has 1 aliphatic heterocycles. The van der Waals surface area contributed by atoms with Crippen LogP contribution in [0, 0.1) is 0 Å². The minimum atomic E-state index is -0.0114. The van der Waals surface area contributed by atoms with Gasteiger partial charge in [-0.15, -0.1) is 0 Å². The van der Waals surface area contributed by atoms with Crippen molar-refractivity contribution in [3.05, 3.63) is 29.8 Å². The summed E-state index contributed by atoms with van der Waals surface area (Å²) in [7, 11) is 0. The summed E-state index contributed by atoms with van der Waals surface area (Å²) in [5.74, 6) is 0.484. The molecule has 1 atom stereocenters. The van der Waals surface area contributed by atoms with Crippen LogP contribution in [-0.2, 0) is 4.79 Å². The molecule has 2 N–H and O–H groups in total. The second-order valence-corrected chi connectivity index (χ2v) is 5.77. The van der Waals surface area contributed by atoms with Crippen LogP contribution in [0.5, 0.6) is 0 Å². The van der Waals surface area contributed by atoms with Crippen LogP contribution in [0.4, 0.5) is 5.69 Å². The minimum absolute atomic E-state index is 0.0114. The third-order valence-electron chi connectivity index (χ3n) is 3.92. The van der Waals surface area contributed by atoms with Crippen molar-refractivity contribution in [2.24, 2.45) is 0 Å². The first-order valence-electron chi connectivity index (χ1n) is 7.35. The lowest BCUT2D eigenvalue weighted by molar-refractivity contribution is -0.117. The number of carbonyl (C=O) groups is 1. The van der Waals surface area contributed by atoms with Crippen LogP contribution in [0.1, 0.15) is 38.2 Å². The monoisotopic (exact) mass is 276 g/mol. The molecule has 4 nitrogen and oxygen atoms in total. The second kappa shape index (κ2) is 6.86. The van der Waals surface area contributed by atoms with Gasteiger partial charge < -0.3 is 10.4 Å². The van der Waals surface area contributed by atoms with Gasteiger partial charge in [-0.05, 0) is 43.0 Å². The van der Waals surface area contributed by atoms with Crippen LogP contribution in [-0.4, -0.2) is 41.7 Å². The van der Waals surface area contributed by atoms with Crippen molar-refractivity contribution >= 4 is 11.6 Å². The van der Waals surface area contributed by atoms with Gasteiger partial charge in [-0.3, -0.25) is 9.69 Å². The smallest absolute Gasteiger partial charge is 0.238 e. The van der Waals surface area contributed by atoms with Crippen LogP contribution in [0.2, 0.25) is 0 Å². The summed E-state index contributed by atoms with van der Waals surface area (Å²) in [6, 6.07) is 8.13. The second-order valence-electron chi connectivity index (χ2n) is 5.77. The number of nitrogens with one attached hydrogen (secondary N) is 1. The Labute approximate surface area is 120 Å². The Morgan fingerprint density at radius 3 is 2.70 bits per heavy atom. The van der Waals surface area contributed by atoms with Crippen molar-refractivity contribution in [1.29, 1.82) is 0 Å². The largest absolute Gasteiger partial charge is 0.395 e. The Bertz CT molecular complexity index is 442. The highest BCUT2D eigenvalue weighted by Crippen LogP contribution is 2.18. The molecule has 1 aliphatic rings. The van der Waals surface area contributed by atoms with Crippen LogP contribution >= 0.6 is 0 Å². The number of amides is 1. The van der Waals surface area contributed by atoms with Gasteiger partial charge in [0.05, 0.1) is 13.2 Å². The fourth-order valence-corrected chi connectivity index (χ4v) is 2.65. The first-order valence-corrected chi connectivity index (χ1v) is 7.35. The summed E-state index contributed by atoms with van der Waals surface area (Å²) >= 11 is 0. The molecule has 4 heteroatoms. The van der Waals surface area contributed by atoms with Gasteiger partial charge in [0.15, 0.2) is 0 Å². The molecule has 0 radical (unpaired) electrons. The van der Waals surface area contributed by atoms with Crippen LogP contribution in [0.25, 0.3) is 0 Å². The van der Waals surface area contributed by atoms with Crippen LogP contribution < -0.4 is 5.32 Å². The number of rotatable bonds is 5. The van der Waals surface area contributed by atoms with Gasteiger partial charge in [-0.2, -0.15) is 0 Å². The van der Waals surface area contributed by atoms with Crippen molar-refractivity contribution in [2.45, 2.75) is 38.6 Å². The van der Waals surface area contributed by atoms with Crippen molar-refractivity contribution in [1.82, 2.24) is 4.90 Å². The first-order chi connectivity index (χ1) is 9.60. The fourth-order valence-electron chi connectivity index (χ4n) is 2.65. The predicted octanol–water partition coefficient (Wildman–Crippen LogP) is 2.21. The lowest BCUT2D eigenvalue weighted by atomic mass is 10.0. The molecular formula is C16H24N2O2. The molecule has 0 aliphatic carbocycles. The van der Waals surface area contributed by atoms with Crippen molar-refractivity contribution in [3.8, 4) is 0 Å². The lowest BCUT2D eigenvalue weighted by Gasteiger charge is -2.21. The number of anilines is 1. The van der Waals surface area contributed by atoms with Gasteiger partial charge in [-0.1, -0.05) is 26.0 Å². The summed E-state index contributed by atoms with van der Waals surface area (Å²) < 4.78 is 0. The molecular weight excluding hydrogens is 252 g/mol. The summed E-state index contributed by atoms with van der Waals surface area (Å²) in [6.45, 7) is 5.68. The molecule has 1 aromatic carbocycles. The van der Waals surface area contributed by atoms with Crippen LogP contribution in [0.15, 0.2) is 24.3 Å². The first kappa shape index (κ1) is 15.0. The van der Waals surface area contributed by atoms with E-state index in [1.807, 2.05) is 24.3 Å². The number of nitrogens with zero attached hydrogens (tertiary/aromatic N) is 1. The molecule has 20 heavy (non-hydrogen) atoms. The molecule has 110 valence electrons. The fraction of sp³-hybridized carbons (Fsp3) is 0.562. The SMILES string of the molecule is CC(C)c1ccc(NC(=O)CN2CCC[C@H]2CO)cc1. The molecule has 0 bridgehead atoms. The average molecular weight is 276 g/mol. The number of likely N-dealkylation sites (tertiary alicyclic amines) is 1. The maximum absolute atomic E-state index is 12.0. The zero-order valence-corrected chi connectivity index (χ0v) is 12.3. The number of hydrogen-bond acceptors (Lipinski definition) is 3. The van der Waals surface area contributed by atoms with E-state index in [1.165, 1.54) is 5.56 Å². The van der Waals surface area contributed by atoms with Gasteiger partial charge in [0.1, 0.15) is 0 Å². The highest BCUT2D eigenvalue weighted by Gasteiger charge is 2.25. The summed E-state index contributed by atoms with van der Waals surface area (Å²) in [5.41, 5.74) is 2.10. The third kappa shape index (κ3) is 3.81. The Kier molecular flexibility index (Phi) is 5.15. The minimum Gasteiger partial charge on any atom is -0.395 e. The molecule has 1 fully saturated rings. The van der Waals surface area contributed by atoms with E-state index in [9.17, 15) is 9.90 Å². The van der Waals surface area contributed by atoms with Gasteiger partial charge in [0, 0.05) is 11.7 Å². The van der Waals surface area contributed by atoms with Gasteiger partial charge >= 0.3 is 0 Å². The number of aliphatic hydroxyl groups is 1. The molecule has 1 aromatic rings. The highest BCUT2D eigenvalue weighted by molar-refractivity contribution is 5.92. The zero-order chi connectivity index (χ0) is 14.5. The number of hydrogen-bond donors (Lipinski definition) is 2. The maximum Gasteiger partial charge on any atom is 0.238 e. The number of carbonyl (C=O) groups excluding carboxylic acids is 1. The zero-order valence-electron chi connectivity index (χ0n) is 12.3. The molecule has 1 heterocycles. The Balaban J connectivity index is 1.88. The Hall–Kier alpha value is -1.39. The van der Waals surface area contributed by atoms with Gasteiger partial charge in [0.25, 0.3) is 0 Å². The van der Waals surface area contributed by atoms with Crippen molar-refractivity contribution < 1.29 is 9.90 Å². The number of benzene rings is 1. The maximum atomic E-state index is 12.0. The topological polar surface area (TPSA) is 52.6 Å². The van der Waals surface area contributed by atoms with Crippen molar-refractivity contribution in [3.63, 3.8) is 0 Å². The van der Waals surface area contributed by atoms with E-state index in [-0.39, 0.29) is 18.6 Å². The van der Waals surface area contributed by atoms with E-state index in [1.54, 1.807) is 0 Å². The highest BCUT2D eigenvalue weighted by atomic mass is 16.3. The van der Waals surface area contributed by atoms with E-state index in [4.69, 9.17) is 0 Å². The van der Waals surface area contributed by atoms with E-state index in [0.717, 1.165) is 25.1 Å². The molecule has 0 spiro atoms. The lowest BCUT2D eigenvalue weighted by Crippen LogP contribution is -2.38. The number of aliphatic hydroxyl groups excluding tert-OH is 1. The van der Waals surface area contributed by atoms with Gasteiger partial charge in [-0.25, -0.2) is 0 Å².